The van der Waals surface area contributed by atoms with Crippen LogP contribution in [-0.2, 0) is 6.54 Å². The van der Waals surface area contributed by atoms with Crippen molar-refractivity contribution in [3.8, 4) is 0 Å². The maximum Gasteiger partial charge on any atom is 0.239 e. The van der Waals surface area contributed by atoms with Crippen molar-refractivity contribution in [1.82, 2.24) is 9.97 Å². The molecular weight excluding hydrogens is 269 g/mol. The molecule has 3 N–H and O–H groups in total. The van der Waals surface area contributed by atoms with Gasteiger partial charge in [-0.05, 0) is 17.7 Å². The zero-order chi connectivity index (χ0) is 13.8. The number of benzene rings is 1. The number of aromatic nitrogens is 2. The summed E-state index contributed by atoms with van der Waals surface area (Å²) in [6.45, 7) is 0.471. The average Bonchev–Trinajstić information content (AvgIpc) is 2.39. The van der Waals surface area contributed by atoms with Gasteiger partial charge >= 0.3 is 0 Å². The Labute approximate surface area is 115 Å². The van der Waals surface area contributed by atoms with Crippen molar-refractivity contribution in [3.63, 3.8) is 0 Å². The van der Waals surface area contributed by atoms with Gasteiger partial charge in [-0.15, -0.1) is 0 Å². The second-order valence-electron chi connectivity index (χ2n) is 4.00. The van der Waals surface area contributed by atoms with Crippen LogP contribution in [0, 0.1) is 5.82 Å². The first-order valence-electron chi connectivity index (χ1n) is 5.55. The van der Waals surface area contributed by atoms with Gasteiger partial charge in [0, 0.05) is 13.6 Å². The fourth-order valence-electron chi connectivity index (χ4n) is 1.68. The third-order valence-corrected chi connectivity index (χ3v) is 2.79. The van der Waals surface area contributed by atoms with Crippen LogP contribution in [0.25, 0.3) is 0 Å². The molecule has 0 fully saturated rings. The molecule has 0 unspecified atom stereocenters. The molecule has 0 saturated heterocycles. The first kappa shape index (κ1) is 13.5. The van der Waals surface area contributed by atoms with Crippen LogP contribution in [0.2, 0.25) is 5.02 Å². The molecular formula is C12H13ClFN5. The number of nitrogens with one attached hydrogen (secondary N) is 1. The molecule has 100 valence electrons. The minimum absolute atomic E-state index is 0.269. The second-order valence-corrected chi connectivity index (χ2v) is 4.40. The molecule has 0 aliphatic rings. The molecule has 0 aliphatic carbocycles. The zero-order valence-electron chi connectivity index (χ0n) is 10.3. The van der Waals surface area contributed by atoms with Gasteiger partial charge in [0.05, 0.1) is 6.20 Å². The van der Waals surface area contributed by atoms with Crippen molar-refractivity contribution in [2.45, 2.75) is 6.54 Å². The number of nitrogens with zero attached hydrogens (tertiary/aromatic N) is 3. The molecule has 2 aromatic rings. The Balaban J connectivity index is 2.22. The van der Waals surface area contributed by atoms with Crippen LogP contribution in [-0.4, -0.2) is 17.0 Å². The number of hydrogen-bond acceptors (Lipinski definition) is 5. The first-order valence-corrected chi connectivity index (χ1v) is 5.92. The van der Waals surface area contributed by atoms with E-state index in [4.69, 9.17) is 17.4 Å². The summed E-state index contributed by atoms with van der Waals surface area (Å²) in [4.78, 5) is 9.85. The molecule has 0 spiro atoms. The monoisotopic (exact) mass is 281 g/mol. The van der Waals surface area contributed by atoms with Crippen molar-refractivity contribution >= 4 is 23.4 Å². The van der Waals surface area contributed by atoms with Crippen LogP contribution in [0.1, 0.15) is 5.56 Å². The summed E-state index contributed by atoms with van der Waals surface area (Å²) in [6.07, 6.45) is 1.46. The molecule has 19 heavy (non-hydrogen) atoms. The minimum Gasteiger partial charge on any atom is -0.354 e. The van der Waals surface area contributed by atoms with Gasteiger partial charge < -0.3 is 4.90 Å². The number of nitrogen functional groups attached to an aromatic ring is 1. The third-order valence-electron chi connectivity index (χ3n) is 2.53. The number of anilines is 2. The standard InChI is InChI=1S/C12H13ClFN5/c1-19(7-8-3-2-4-9(14)5-8)11-10(13)6-16-12(17-11)18-15/h2-6H,7,15H2,1H3,(H,16,17,18). The average molecular weight is 282 g/mol. The predicted molar refractivity (Wildman–Crippen MR) is 73.4 cm³/mol. The van der Waals surface area contributed by atoms with Crippen molar-refractivity contribution in [1.29, 1.82) is 0 Å². The summed E-state index contributed by atoms with van der Waals surface area (Å²) in [5.41, 5.74) is 3.17. The fraction of sp³-hybridized carbons (Fsp3) is 0.167. The summed E-state index contributed by atoms with van der Waals surface area (Å²) in [5, 5.41) is 0.401. The highest BCUT2D eigenvalue weighted by Crippen LogP contribution is 2.23. The van der Waals surface area contributed by atoms with E-state index in [1.807, 2.05) is 6.07 Å². The molecule has 0 radical (unpaired) electrons. The largest absolute Gasteiger partial charge is 0.354 e. The Morgan fingerprint density at radius 1 is 1.47 bits per heavy atom. The molecule has 0 amide bonds. The topological polar surface area (TPSA) is 67.1 Å². The van der Waals surface area contributed by atoms with E-state index in [-0.39, 0.29) is 11.8 Å². The number of hydrogen-bond donors (Lipinski definition) is 2. The van der Waals surface area contributed by atoms with Crippen molar-refractivity contribution in [3.05, 3.63) is 46.9 Å². The lowest BCUT2D eigenvalue weighted by atomic mass is 10.2. The van der Waals surface area contributed by atoms with Gasteiger partial charge in [0.1, 0.15) is 10.8 Å². The highest BCUT2D eigenvalue weighted by molar-refractivity contribution is 6.32. The molecule has 5 nitrogen and oxygen atoms in total. The Kier molecular flexibility index (Phi) is 4.13. The number of nitrogens with two attached hydrogens (primary N) is 1. The van der Waals surface area contributed by atoms with Gasteiger partial charge in [0.15, 0.2) is 5.82 Å². The molecule has 1 aromatic heterocycles. The second kappa shape index (κ2) is 5.81. The van der Waals surface area contributed by atoms with Crippen LogP contribution in [0.4, 0.5) is 16.2 Å². The molecule has 2 rings (SSSR count). The highest BCUT2D eigenvalue weighted by atomic mass is 35.5. The van der Waals surface area contributed by atoms with E-state index in [2.05, 4.69) is 15.4 Å². The van der Waals surface area contributed by atoms with Crippen molar-refractivity contribution < 1.29 is 4.39 Å². The lowest BCUT2D eigenvalue weighted by Crippen LogP contribution is -2.20. The van der Waals surface area contributed by atoms with E-state index in [1.165, 1.54) is 18.3 Å². The Morgan fingerprint density at radius 3 is 2.95 bits per heavy atom. The van der Waals surface area contributed by atoms with Gasteiger partial charge in [0.2, 0.25) is 5.95 Å². The number of hydrazine groups is 1. The normalized spacial score (nSPS) is 10.3. The summed E-state index contributed by atoms with van der Waals surface area (Å²) < 4.78 is 13.1. The van der Waals surface area contributed by atoms with E-state index in [1.54, 1.807) is 18.0 Å². The molecule has 0 saturated carbocycles. The molecule has 0 aliphatic heterocycles. The summed E-state index contributed by atoms with van der Waals surface area (Å²) >= 11 is 6.04. The molecule has 0 bridgehead atoms. The fourth-order valence-corrected chi connectivity index (χ4v) is 1.91. The van der Waals surface area contributed by atoms with Crippen LogP contribution >= 0.6 is 11.6 Å². The molecule has 1 aromatic carbocycles. The van der Waals surface area contributed by atoms with Gasteiger partial charge in [-0.25, -0.2) is 15.2 Å². The number of halogens is 2. The van der Waals surface area contributed by atoms with E-state index in [9.17, 15) is 4.39 Å². The smallest absolute Gasteiger partial charge is 0.239 e. The molecule has 1 heterocycles. The van der Waals surface area contributed by atoms with E-state index in [0.29, 0.717) is 17.4 Å². The van der Waals surface area contributed by atoms with Crippen LogP contribution in [0.5, 0.6) is 0 Å². The first-order chi connectivity index (χ1) is 9.10. The Bertz CT molecular complexity index is 578. The van der Waals surface area contributed by atoms with Crippen LogP contribution in [0.15, 0.2) is 30.5 Å². The van der Waals surface area contributed by atoms with Crippen LogP contribution in [0.3, 0.4) is 0 Å². The zero-order valence-corrected chi connectivity index (χ0v) is 11.0. The van der Waals surface area contributed by atoms with Crippen LogP contribution < -0.4 is 16.2 Å². The summed E-state index contributed by atoms with van der Waals surface area (Å²) in [5.74, 6) is 5.77. The maximum absolute atomic E-state index is 13.1. The van der Waals surface area contributed by atoms with E-state index < -0.39 is 0 Å². The molecule has 0 atom stereocenters. The predicted octanol–water partition coefficient (Wildman–Crippen LogP) is 2.19. The van der Waals surface area contributed by atoms with E-state index >= 15 is 0 Å². The maximum atomic E-state index is 13.1. The van der Waals surface area contributed by atoms with E-state index in [0.717, 1.165) is 5.56 Å². The number of rotatable bonds is 4. The lowest BCUT2D eigenvalue weighted by Gasteiger charge is -2.19. The van der Waals surface area contributed by atoms with Gasteiger partial charge in [-0.2, -0.15) is 4.98 Å². The highest BCUT2D eigenvalue weighted by Gasteiger charge is 2.10. The Hall–Kier alpha value is -1.92. The molecule has 7 heteroatoms. The summed E-state index contributed by atoms with van der Waals surface area (Å²) in [6, 6.07) is 6.36. The van der Waals surface area contributed by atoms with Crippen molar-refractivity contribution in [2.75, 3.05) is 17.4 Å². The Morgan fingerprint density at radius 2 is 2.26 bits per heavy atom. The third kappa shape index (κ3) is 3.30. The minimum atomic E-state index is -0.274. The summed E-state index contributed by atoms with van der Waals surface area (Å²) in [7, 11) is 1.80. The SMILES string of the molecule is CN(Cc1cccc(F)c1)c1nc(NN)ncc1Cl. The lowest BCUT2D eigenvalue weighted by molar-refractivity contribution is 0.625. The van der Waals surface area contributed by atoms with Gasteiger partial charge in [-0.3, -0.25) is 5.43 Å². The van der Waals surface area contributed by atoms with Gasteiger partial charge in [-0.1, -0.05) is 23.7 Å². The quantitative estimate of drug-likeness (QED) is 0.664. The van der Waals surface area contributed by atoms with Crippen molar-refractivity contribution in [2.24, 2.45) is 5.84 Å². The van der Waals surface area contributed by atoms with Gasteiger partial charge in [0.25, 0.3) is 0 Å².